The highest BCUT2D eigenvalue weighted by Crippen LogP contribution is 2.23. The topological polar surface area (TPSA) is 3.24 Å². The Bertz CT molecular complexity index is 150. The van der Waals surface area contributed by atoms with Gasteiger partial charge in [0.2, 0.25) is 0 Å². The van der Waals surface area contributed by atoms with Crippen molar-refractivity contribution >= 4 is 15.9 Å². The van der Waals surface area contributed by atoms with E-state index in [0.29, 0.717) is 0 Å². The zero-order chi connectivity index (χ0) is 10.6. The molecule has 1 heterocycles. The zero-order valence-corrected chi connectivity index (χ0v) is 11.4. The first-order chi connectivity index (χ1) is 6.63. The molecule has 1 aliphatic heterocycles. The van der Waals surface area contributed by atoms with Crippen LogP contribution in [0.1, 0.15) is 33.6 Å². The maximum Gasteiger partial charge on any atom is 0.00338 e. The Morgan fingerprint density at radius 2 is 1.79 bits per heavy atom. The molecule has 0 aliphatic carbocycles. The minimum absolute atomic E-state index is 0.876. The fraction of sp³-hybridized carbons (Fsp3) is 1.00. The fourth-order valence-corrected chi connectivity index (χ4v) is 2.95. The average molecular weight is 262 g/mol. The summed E-state index contributed by atoms with van der Waals surface area (Å²) in [5.74, 6) is 2.68. The number of hydrogen-bond acceptors (Lipinski definition) is 1. The maximum atomic E-state index is 3.51. The number of hydrogen-bond donors (Lipinski definition) is 0. The molecule has 0 bridgehead atoms. The van der Waals surface area contributed by atoms with Crippen LogP contribution in [-0.4, -0.2) is 29.9 Å². The van der Waals surface area contributed by atoms with Crippen molar-refractivity contribution in [3.05, 3.63) is 0 Å². The van der Waals surface area contributed by atoms with Gasteiger partial charge in [-0.15, -0.1) is 0 Å². The van der Waals surface area contributed by atoms with Crippen molar-refractivity contribution in [3.8, 4) is 0 Å². The number of alkyl halides is 1. The highest BCUT2D eigenvalue weighted by atomic mass is 79.9. The lowest BCUT2D eigenvalue weighted by atomic mass is 10.0. The smallest absolute Gasteiger partial charge is 0.00338 e. The molecule has 0 aromatic rings. The molecule has 1 aliphatic rings. The second-order valence-electron chi connectivity index (χ2n) is 5.09. The second kappa shape index (κ2) is 6.12. The van der Waals surface area contributed by atoms with Crippen LogP contribution in [0.4, 0.5) is 0 Å². The summed E-state index contributed by atoms with van der Waals surface area (Å²) in [6, 6.07) is 0. The summed E-state index contributed by atoms with van der Waals surface area (Å²) in [4.78, 5) is 2.64. The Morgan fingerprint density at radius 1 is 1.21 bits per heavy atom. The van der Waals surface area contributed by atoms with Crippen LogP contribution >= 0.6 is 15.9 Å². The SMILES string of the molecule is CC(CCBr)CCN1CC(C)C(C)C1. The normalized spacial score (nSPS) is 30.9. The fourth-order valence-electron chi connectivity index (χ4n) is 2.17. The Morgan fingerprint density at radius 3 is 2.29 bits per heavy atom. The van der Waals surface area contributed by atoms with Crippen molar-refractivity contribution < 1.29 is 0 Å². The minimum atomic E-state index is 0.876. The summed E-state index contributed by atoms with van der Waals surface area (Å²) in [7, 11) is 0. The van der Waals surface area contributed by atoms with Gasteiger partial charge in [0.1, 0.15) is 0 Å². The molecule has 3 atom stereocenters. The van der Waals surface area contributed by atoms with E-state index in [-0.39, 0.29) is 0 Å². The van der Waals surface area contributed by atoms with Crippen LogP contribution in [-0.2, 0) is 0 Å². The summed E-state index contributed by atoms with van der Waals surface area (Å²) < 4.78 is 0. The zero-order valence-electron chi connectivity index (χ0n) is 9.80. The van der Waals surface area contributed by atoms with Crippen LogP contribution < -0.4 is 0 Å². The molecule has 1 nitrogen and oxygen atoms in total. The summed E-state index contributed by atoms with van der Waals surface area (Å²) in [6.45, 7) is 11.1. The van der Waals surface area contributed by atoms with Crippen molar-refractivity contribution in [1.82, 2.24) is 4.90 Å². The molecule has 1 rings (SSSR count). The van der Waals surface area contributed by atoms with E-state index in [9.17, 15) is 0 Å². The van der Waals surface area contributed by atoms with Gasteiger partial charge in [0.15, 0.2) is 0 Å². The lowest BCUT2D eigenvalue weighted by Gasteiger charge is -2.18. The largest absolute Gasteiger partial charge is 0.303 e. The van der Waals surface area contributed by atoms with Gasteiger partial charge >= 0.3 is 0 Å². The van der Waals surface area contributed by atoms with Crippen molar-refractivity contribution in [3.63, 3.8) is 0 Å². The van der Waals surface area contributed by atoms with E-state index in [2.05, 4.69) is 41.6 Å². The molecule has 2 heteroatoms. The molecule has 3 unspecified atom stereocenters. The summed E-state index contributed by atoms with van der Waals surface area (Å²) in [5.41, 5.74) is 0. The van der Waals surface area contributed by atoms with Crippen molar-refractivity contribution in [2.45, 2.75) is 33.6 Å². The molecule has 1 saturated heterocycles. The van der Waals surface area contributed by atoms with Gasteiger partial charge in [-0.25, -0.2) is 0 Å². The minimum Gasteiger partial charge on any atom is -0.303 e. The predicted octanol–water partition coefficient (Wildman–Crippen LogP) is 3.39. The van der Waals surface area contributed by atoms with E-state index in [1.807, 2.05) is 0 Å². The molecule has 0 spiro atoms. The summed E-state index contributed by atoms with van der Waals surface area (Å²) >= 11 is 3.51. The van der Waals surface area contributed by atoms with Crippen LogP contribution in [0.5, 0.6) is 0 Å². The van der Waals surface area contributed by atoms with Crippen molar-refractivity contribution in [1.29, 1.82) is 0 Å². The Kier molecular flexibility index (Phi) is 5.47. The van der Waals surface area contributed by atoms with Crippen LogP contribution in [0.25, 0.3) is 0 Å². The first-order valence-corrected chi connectivity index (χ1v) is 7.04. The van der Waals surface area contributed by atoms with Crippen molar-refractivity contribution in [2.24, 2.45) is 17.8 Å². The molecule has 0 saturated carbocycles. The van der Waals surface area contributed by atoms with Gasteiger partial charge in [0.25, 0.3) is 0 Å². The first-order valence-electron chi connectivity index (χ1n) is 5.91. The van der Waals surface area contributed by atoms with E-state index in [1.54, 1.807) is 0 Å². The third-order valence-electron chi connectivity index (χ3n) is 3.60. The van der Waals surface area contributed by atoms with E-state index >= 15 is 0 Å². The van der Waals surface area contributed by atoms with E-state index in [1.165, 1.54) is 32.5 Å². The van der Waals surface area contributed by atoms with E-state index in [4.69, 9.17) is 0 Å². The number of rotatable bonds is 5. The van der Waals surface area contributed by atoms with Crippen LogP contribution in [0.15, 0.2) is 0 Å². The van der Waals surface area contributed by atoms with Crippen LogP contribution in [0.2, 0.25) is 0 Å². The Balaban J connectivity index is 2.13. The molecule has 14 heavy (non-hydrogen) atoms. The lowest BCUT2D eigenvalue weighted by molar-refractivity contribution is 0.295. The monoisotopic (exact) mass is 261 g/mol. The lowest BCUT2D eigenvalue weighted by Crippen LogP contribution is -2.23. The molecular weight excluding hydrogens is 238 g/mol. The molecule has 84 valence electrons. The molecule has 0 aromatic heterocycles. The predicted molar refractivity (Wildman–Crippen MR) is 67.0 cm³/mol. The molecule has 0 radical (unpaired) electrons. The number of likely N-dealkylation sites (tertiary alicyclic amines) is 1. The maximum absolute atomic E-state index is 3.51. The van der Waals surface area contributed by atoms with Gasteiger partial charge in [-0.2, -0.15) is 0 Å². The molecule has 0 N–H and O–H groups in total. The van der Waals surface area contributed by atoms with Gasteiger partial charge < -0.3 is 4.90 Å². The van der Waals surface area contributed by atoms with Gasteiger partial charge in [0, 0.05) is 18.4 Å². The standard InChI is InChI=1S/C12H24BrN/c1-10(4-6-13)5-7-14-8-11(2)12(3)9-14/h10-12H,4-9H2,1-3H3. The highest BCUT2D eigenvalue weighted by Gasteiger charge is 2.25. The quantitative estimate of drug-likeness (QED) is 0.686. The van der Waals surface area contributed by atoms with Crippen LogP contribution in [0.3, 0.4) is 0 Å². The van der Waals surface area contributed by atoms with Gasteiger partial charge in [-0.1, -0.05) is 36.7 Å². The van der Waals surface area contributed by atoms with Crippen molar-refractivity contribution in [2.75, 3.05) is 25.0 Å². The Hall–Kier alpha value is 0.440. The highest BCUT2D eigenvalue weighted by molar-refractivity contribution is 9.09. The van der Waals surface area contributed by atoms with E-state index < -0.39 is 0 Å². The molecule has 1 fully saturated rings. The van der Waals surface area contributed by atoms with Gasteiger partial charge in [-0.3, -0.25) is 0 Å². The first kappa shape index (κ1) is 12.5. The summed E-state index contributed by atoms with van der Waals surface area (Å²) in [6.07, 6.45) is 2.68. The van der Waals surface area contributed by atoms with Gasteiger partial charge in [0.05, 0.1) is 0 Å². The third-order valence-corrected chi connectivity index (χ3v) is 4.06. The molecule has 0 amide bonds. The average Bonchev–Trinajstić information content (AvgIpc) is 2.44. The second-order valence-corrected chi connectivity index (χ2v) is 5.88. The van der Waals surface area contributed by atoms with Gasteiger partial charge in [-0.05, 0) is 37.1 Å². The van der Waals surface area contributed by atoms with E-state index in [0.717, 1.165) is 23.1 Å². The third kappa shape index (κ3) is 3.90. The molecule has 0 aromatic carbocycles. The Labute approximate surface area is 97.4 Å². The summed E-state index contributed by atoms with van der Waals surface area (Å²) in [5, 5.41) is 1.15. The number of nitrogens with zero attached hydrogens (tertiary/aromatic N) is 1. The molecular formula is C12H24BrN. The number of halogens is 1. The van der Waals surface area contributed by atoms with Crippen LogP contribution in [0, 0.1) is 17.8 Å².